The number of rotatable bonds is 8. The van der Waals surface area contributed by atoms with Crippen LogP contribution in [0.4, 0.5) is 5.69 Å². The van der Waals surface area contributed by atoms with Crippen LogP contribution in [-0.4, -0.2) is 30.9 Å². The summed E-state index contributed by atoms with van der Waals surface area (Å²) in [7, 11) is 0. The normalized spacial score (nSPS) is 10.4. The Hall–Kier alpha value is -3.67. The molecule has 3 aromatic rings. The minimum absolute atomic E-state index is 0.171. The average Bonchev–Trinajstić information content (AvgIpc) is 2.76. The summed E-state index contributed by atoms with van der Waals surface area (Å²) >= 11 is 0. The summed E-state index contributed by atoms with van der Waals surface area (Å²) in [4.78, 5) is 36.7. The largest absolute Gasteiger partial charge is 0.452 e. The predicted octanol–water partition coefficient (Wildman–Crippen LogP) is 3.70. The molecular formula is C24H24N2O4. The maximum absolute atomic E-state index is 12.7. The summed E-state index contributed by atoms with van der Waals surface area (Å²) in [5.74, 6) is -1.27. The molecule has 0 aliphatic heterocycles. The van der Waals surface area contributed by atoms with Gasteiger partial charge in [0.25, 0.3) is 5.91 Å². The van der Waals surface area contributed by atoms with Crippen molar-refractivity contribution in [1.29, 1.82) is 0 Å². The van der Waals surface area contributed by atoms with Crippen LogP contribution in [-0.2, 0) is 20.7 Å². The van der Waals surface area contributed by atoms with Crippen molar-refractivity contribution in [3.63, 3.8) is 0 Å². The molecule has 3 aromatic carbocycles. The molecule has 6 nitrogen and oxygen atoms in total. The Kier molecular flexibility index (Phi) is 7.16. The predicted molar refractivity (Wildman–Crippen MR) is 116 cm³/mol. The van der Waals surface area contributed by atoms with Crippen molar-refractivity contribution in [1.82, 2.24) is 5.32 Å². The second-order valence-corrected chi connectivity index (χ2v) is 6.83. The molecule has 0 heterocycles. The van der Waals surface area contributed by atoms with Crippen LogP contribution in [0.2, 0.25) is 0 Å². The van der Waals surface area contributed by atoms with Crippen molar-refractivity contribution in [2.24, 2.45) is 0 Å². The molecule has 0 unspecified atom stereocenters. The van der Waals surface area contributed by atoms with Crippen LogP contribution >= 0.6 is 0 Å². The van der Waals surface area contributed by atoms with Gasteiger partial charge in [-0.25, -0.2) is 4.79 Å². The highest BCUT2D eigenvalue weighted by molar-refractivity contribution is 6.03. The Labute approximate surface area is 175 Å². The quantitative estimate of drug-likeness (QED) is 0.561. The lowest BCUT2D eigenvalue weighted by Crippen LogP contribution is -2.29. The Balaban J connectivity index is 1.67. The van der Waals surface area contributed by atoms with Gasteiger partial charge in [0.05, 0.1) is 17.7 Å². The van der Waals surface area contributed by atoms with Gasteiger partial charge in [0, 0.05) is 6.54 Å². The first-order valence-corrected chi connectivity index (χ1v) is 9.88. The first-order chi connectivity index (χ1) is 14.6. The number of carbonyl (C=O) groups excluding carboxylic acids is 3. The van der Waals surface area contributed by atoms with Crippen LogP contribution in [0.25, 0.3) is 10.8 Å². The zero-order valence-electron chi connectivity index (χ0n) is 16.8. The summed E-state index contributed by atoms with van der Waals surface area (Å²) in [6.45, 7) is 2.10. The molecule has 0 fully saturated rings. The van der Waals surface area contributed by atoms with E-state index in [9.17, 15) is 14.4 Å². The van der Waals surface area contributed by atoms with Crippen LogP contribution < -0.4 is 10.6 Å². The van der Waals surface area contributed by atoms with Gasteiger partial charge < -0.3 is 15.4 Å². The van der Waals surface area contributed by atoms with E-state index in [0.29, 0.717) is 12.2 Å². The number of benzene rings is 3. The molecule has 0 saturated heterocycles. The first kappa shape index (κ1) is 21.0. The number of hydrogen-bond acceptors (Lipinski definition) is 4. The molecule has 0 aliphatic carbocycles. The number of amides is 2. The Bertz CT molecular complexity index is 1060. The Morgan fingerprint density at radius 1 is 0.867 bits per heavy atom. The molecule has 30 heavy (non-hydrogen) atoms. The molecular weight excluding hydrogens is 380 g/mol. The van der Waals surface area contributed by atoms with E-state index in [1.54, 1.807) is 24.3 Å². The van der Waals surface area contributed by atoms with Gasteiger partial charge in [0.2, 0.25) is 5.91 Å². The van der Waals surface area contributed by atoms with E-state index in [0.717, 1.165) is 22.8 Å². The van der Waals surface area contributed by atoms with Gasteiger partial charge in [-0.2, -0.15) is 0 Å². The van der Waals surface area contributed by atoms with Gasteiger partial charge in [-0.3, -0.25) is 9.59 Å². The topological polar surface area (TPSA) is 84.5 Å². The van der Waals surface area contributed by atoms with Gasteiger partial charge in [0.15, 0.2) is 6.61 Å². The zero-order valence-corrected chi connectivity index (χ0v) is 16.8. The highest BCUT2D eigenvalue weighted by atomic mass is 16.5. The number of nitrogens with one attached hydrogen (secondary N) is 2. The fourth-order valence-corrected chi connectivity index (χ4v) is 3.11. The molecule has 6 heteroatoms. The van der Waals surface area contributed by atoms with Crippen LogP contribution in [0.1, 0.15) is 29.3 Å². The van der Waals surface area contributed by atoms with Crippen molar-refractivity contribution < 1.29 is 19.1 Å². The molecule has 0 aliphatic rings. The van der Waals surface area contributed by atoms with Gasteiger partial charge in [-0.15, -0.1) is 0 Å². The van der Waals surface area contributed by atoms with Crippen LogP contribution in [0, 0.1) is 0 Å². The van der Waals surface area contributed by atoms with Crippen LogP contribution in [0.5, 0.6) is 0 Å². The second-order valence-electron chi connectivity index (χ2n) is 6.83. The molecule has 0 saturated carbocycles. The van der Waals surface area contributed by atoms with E-state index in [1.165, 1.54) is 0 Å². The van der Waals surface area contributed by atoms with Crippen molar-refractivity contribution in [2.75, 3.05) is 18.5 Å². The van der Waals surface area contributed by atoms with Gasteiger partial charge in [-0.1, -0.05) is 61.5 Å². The minimum atomic E-state index is -0.664. The van der Waals surface area contributed by atoms with Crippen molar-refractivity contribution >= 4 is 34.2 Å². The summed E-state index contributed by atoms with van der Waals surface area (Å²) in [6, 6.07) is 20.3. The van der Waals surface area contributed by atoms with E-state index < -0.39 is 5.97 Å². The highest BCUT2D eigenvalue weighted by Crippen LogP contribution is 2.21. The standard InChI is InChI=1S/C24H24N2O4/c1-2-14-25-23(28)16-30-24(29)20-12-5-6-13-21(20)26-22(27)15-18-10-7-9-17-8-3-4-11-19(17)18/h3-13H,2,14-16H2,1H3,(H,25,28)(H,26,27). The third kappa shape index (κ3) is 5.44. The van der Waals surface area contributed by atoms with E-state index in [4.69, 9.17) is 4.74 Å². The summed E-state index contributed by atoms with van der Waals surface area (Å²) in [5, 5.41) is 7.51. The van der Waals surface area contributed by atoms with Crippen molar-refractivity contribution in [3.05, 3.63) is 77.9 Å². The molecule has 2 amide bonds. The fourth-order valence-electron chi connectivity index (χ4n) is 3.11. The fraction of sp³-hybridized carbons (Fsp3) is 0.208. The number of para-hydroxylation sites is 1. The van der Waals surface area contributed by atoms with Gasteiger partial charge in [-0.05, 0) is 34.9 Å². The number of hydrogen-bond donors (Lipinski definition) is 2. The summed E-state index contributed by atoms with van der Waals surface area (Å²) in [6.07, 6.45) is 0.968. The molecule has 0 spiro atoms. The number of ether oxygens (including phenoxy) is 1. The lowest BCUT2D eigenvalue weighted by atomic mass is 10.0. The summed E-state index contributed by atoms with van der Waals surface area (Å²) < 4.78 is 5.08. The maximum Gasteiger partial charge on any atom is 0.340 e. The molecule has 0 bridgehead atoms. The molecule has 0 atom stereocenters. The van der Waals surface area contributed by atoms with E-state index in [1.807, 2.05) is 49.4 Å². The minimum Gasteiger partial charge on any atom is -0.452 e. The molecule has 0 aromatic heterocycles. The third-order valence-electron chi connectivity index (χ3n) is 4.56. The molecule has 0 radical (unpaired) electrons. The van der Waals surface area contributed by atoms with Crippen molar-refractivity contribution in [2.45, 2.75) is 19.8 Å². The lowest BCUT2D eigenvalue weighted by molar-refractivity contribution is -0.124. The second kappa shape index (κ2) is 10.2. The summed E-state index contributed by atoms with van der Waals surface area (Å²) in [5.41, 5.74) is 1.45. The molecule has 154 valence electrons. The zero-order chi connectivity index (χ0) is 21.3. The highest BCUT2D eigenvalue weighted by Gasteiger charge is 2.16. The van der Waals surface area contributed by atoms with Gasteiger partial charge >= 0.3 is 5.97 Å². The maximum atomic E-state index is 12.7. The van der Waals surface area contributed by atoms with E-state index in [2.05, 4.69) is 10.6 Å². The average molecular weight is 404 g/mol. The number of carbonyl (C=O) groups is 3. The third-order valence-corrected chi connectivity index (χ3v) is 4.56. The lowest BCUT2D eigenvalue weighted by Gasteiger charge is -2.12. The number of esters is 1. The Morgan fingerprint density at radius 3 is 2.43 bits per heavy atom. The molecule has 3 rings (SSSR count). The molecule has 2 N–H and O–H groups in total. The van der Waals surface area contributed by atoms with Crippen LogP contribution in [0.15, 0.2) is 66.7 Å². The van der Waals surface area contributed by atoms with E-state index in [-0.39, 0.29) is 30.4 Å². The van der Waals surface area contributed by atoms with E-state index >= 15 is 0 Å². The Morgan fingerprint density at radius 2 is 1.60 bits per heavy atom. The number of fused-ring (bicyclic) bond motifs is 1. The number of anilines is 1. The van der Waals surface area contributed by atoms with Crippen LogP contribution in [0.3, 0.4) is 0 Å². The smallest absolute Gasteiger partial charge is 0.340 e. The monoisotopic (exact) mass is 404 g/mol. The van der Waals surface area contributed by atoms with Crippen molar-refractivity contribution in [3.8, 4) is 0 Å². The first-order valence-electron chi connectivity index (χ1n) is 9.88. The SMILES string of the molecule is CCCNC(=O)COC(=O)c1ccccc1NC(=O)Cc1cccc2ccccc12. The van der Waals surface area contributed by atoms with Gasteiger partial charge in [0.1, 0.15) is 0 Å².